The first-order valence-electron chi connectivity index (χ1n) is 10.7. The molecule has 0 saturated carbocycles. The van der Waals surface area contributed by atoms with Crippen LogP contribution in [0.2, 0.25) is 20.1 Å². The Kier molecular flexibility index (Phi) is 8.16. The molecule has 1 aliphatic heterocycles. The number of hydrogen-bond acceptors (Lipinski definition) is 5. The number of nitrogens with one attached hydrogen (secondary N) is 1. The first-order valence-corrected chi connectivity index (χ1v) is 13.7. The van der Waals surface area contributed by atoms with Gasteiger partial charge in [-0.25, -0.2) is 13.1 Å². The highest BCUT2D eigenvalue weighted by Crippen LogP contribution is 2.40. The van der Waals surface area contributed by atoms with Crippen molar-refractivity contribution in [3.8, 4) is 5.75 Å². The Morgan fingerprint density at radius 3 is 2.46 bits per heavy atom. The van der Waals surface area contributed by atoms with Crippen LogP contribution in [0.5, 0.6) is 5.75 Å². The predicted molar refractivity (Wildman–Crippen MR) is 143 cm³/mol. The standard InChI is InChI=1S/C24H21Cl4N3O3S/c1-2-34-18-9-6-15(7-10-18)22-13-17(30-31(22)21-11-8-16(25)12-20(21)27)14-29-35(32,33)23-5-3-4-19(26)24(23)28/h3-12,22,29H,2,13-14H2,1H3. The van der Waals surface area contributed by atoms with Crippen molar-refractivity contribution in [2.75, 3.05) is 18.2 Å². The molecule has 1 unspecified atom stereocenters. The molecule has 1 aliphatic rings. The van der Waals surface area contributed by atoms with E-state index in [4.69, 9.17) is 56.2 Å². The van der Waals surface area contributed by atoms with Crippen molar-refractivity contribution in [1.82, 2.24) is 4.72 Å². The normalized spacial score (nSPS) is 15.9. The van der Waals surface area contributed by atoms with Gasteiger partial charge in [-0.15, -0.1) is 0 Å². The number of hydrazone groups is 1. The van der Waals surface area contributed by atoms with E-state index < -0.39 is 10.0 Å². The number of hydrogen-bond donors (Lipinski definition) is 1. The molecule has 4 rings (SSSR count). The molecule has 0 amide bonds. The lowest BCUT2D eigenvalue weighted by Crippen LogP contribution is -2.29. The van der Waals surface area contributed by atoms with Crippen LogP contribution >= 0.6 is 46.4 Å². The smallest absolute Gasteiger partial charge is 0.242 e. The molecule has 184 valence electrons. The summed E-state index contributed by atoms with van der Waals surface area (Å²) in [5.41, 5.74) is 2.25. The van der Waals surface area contributed by atoms with Gasteiger partial charge in [0.05, 0.1) is 45.7 Å². The minimum atomic E-state index is -3.92. The molecule has 1 N–H and O–H groups in total. The van der Waals surface area contributed by atoms with Gasteiger partial charge in [-0.3, -0.25) is 5.01 Å². The predicted octanol–water partition coefficient (Wildman–Crippen LogP) is 6.98. The molecule has 1 atom stereocenters. The van der Waals surface area contributed by atoms with Crippen LogP contribution in [0.15, 0.2) is 70.7 Å². The van der Waals surface area contributed by atoms with Crippen LogP contribution in [-0.2, 0) is 10.0 Å². The molecular weight excluding hydrogens is 552 g/mol. The highest BCUT2D eigenvalue weighted by atomic mass is 35.5. The zero-order valence-electron chi connectivity index (χ0n) is 18.5. The molecule has 11 heteroatoms. The van der Waals surface area contributed by atoms with Crippen LogP contribution in [0.3, 0.4) is 0 Å². The molecule has 3 aromatic carbocycles. The third kappa shape index (κ3) is 5.88. The topological polar surface area (TPSA) is 71.0 Å². The molecule has 0 bridgehead atoms. The van der Waals surface area contributed by atoms with Crippen molar-refractivity contribution >= 4 is 67.8 Å². The van der Waals surface area contributed by atoms with Crippen LogP contribution in [0, 0.1) is 0 Å². The first-order chi connectivity index (χ1) is 16.7. The maximum absolute atomic E-state index is 12.9. The van der Waals surface area contributed by atoms with Gasteiger partial charge in [-0.2, -0.15) is 5.10 Å². The summed E-state index contributed by atoms with van der Waals surface area (Å²) in [6.07, 6.45) is 0.471. The Bertz CT molecular complexity index is 1360. The molecule has 0 fully saturated rings. The van der Waals surface area contributed by atoms with E-state index in [9.17, 15) is 8.42 Å². The van der Waals surface area contributed by atoms with Gasteiger partial charge in [0, 0.05) is 11.4 Å². The zero-order chi connectivity index (χ0) is 25.2. The monoisotopic (exact) mass is 571 g/mol. The van der Waals surface area contributed by atoms with Crippen LogP contribution in [0.1, 0.15) is 24.9 Å². The highest BCUT2D eigenvalue weighted by molar-refractivity contribution is 7.89. The molecule has 0 radical (unpaired) electrons. The van der Waals surface area contributed by atoms with E-state index in [1.165, 1.54) is 18.2 Å². The molecule has 0 saturated heterocycles. The van der Waals surface area contributed by atoms with Gasteiger partial charge in [0.2, 0.25) is 10.0 Å². The Hall–Kier alpha value is -2.00. The second-order valence-corrected chi connectivity index (χ2v) is 11.1. The summed E-state index contributed by atoms with van der Waals surface area (Å²) in [6, 6.07) is 17.1. The van der Waals surface area contributed by atoms with Gasteiger partial charge in [-0.1, -0.05) is 64.6 Å². The second-order valence-electron chi connectivity index (χ2n) is 7.71. The van der Waals surface area contributed by atoms with Gasteiger partial charge in [-0.05, 0) is 55.0 Å². The summed E-state index contributed by atoms with van der Waals surface area (Å²) in [7, 11) is -3.92. The van der Waals surface area contributed by atoms with Gasteiger partial charge >= 0.3 is 0 Å². The Balaban J connectivity index is 1.62. The third-order valence-corrected chi connectivity index (χ3v) is 8.29. The zero-order valence-corrected chi connectivity index (χ0v) is 22.4. The molecule has 0 aromatic heterocycles. The maximum Gasteiger partial charge on any atom is 0.242 e. The van der Waals surface area contributed by atoms with Gasteiger partial charge in [0.25, 0.3) is 0 Å². The van der Waals surface area contributed by atoms with Crippen molar-refractivity contribution in [1.29, 1.82) is 0 Å². The van der Waals surface area contributed by atoms with Crippen LogP contribution in [0.4, 0.5) is 5.69 Å². The number of halogens is 4. The van der Waals surface area contributed by atoms with Crippen molar-refractivity contribution < 1.29 is 13.2 Å². The molecule has 0 spiro atoms. The number of nitrogens with zero attached hydrogens (tertiary/aromatic N) is 2. The summed E-state index contributed by atoms with van der Waals surface area (Å²) < 4.78 is 33.9. The van der Waals surface area contributed by atoms with Gasteiger partial charge in [0.15, 0.2) is 0 Å². The third-order valence-electron chi connectivity index (χ3n) is 5.38. The molecule has 35 heavy (non-hydrogen) atoms. The fourth-order valence-electron chi connectivity index (χ4n) is 3.73. The average molecular weight is 573 g/mol. The van der Waals surface area contributed by atoms with E-state index in [0.29, 0.717) is 34.5 Å². The lowest BCUT2D eigenvalue weighted by atomic mass is 10.0. The van der Waals surface area contributed by atoms with Gasteiger partial charge < -0.3 is 4.74 Å². The SMILES string of the molecule is CCOc1ccc(C2CC(CNS(=O)(=O)c3cccc(Cl)c3Cl)=NN2c2ccc(Cl)cc2Cl)cc1. The Morgan fingerprint density at radius 2 is 1.77 bits per heavy atom. The number of rotatable bonds is 8. The number of anilines is 1. The summed E-state index contributed by atoms with van der Waals surface area (Å²) in [5.74, 6) is 0.762. The fraction of sp³-hybridized carbons (Fsp3) is 0.208. The lowest BCUT2D eigenvalue weighted by Gasteiger charge is -2.25. The second kappa shape index (κ2) is 10.9. The minimum absolute atomic E-state index is 0.0135. The quantitative estimate of drug-likeness (QED) is 0.316. The molecule has 6 nitrogen and oxygen atoms in total. The molecule has 1 heterocycles. The van der Waals surface area contributed by atoms with Crippen molar-refractivity contribution in [3.05, 3.63) is 86.3 Å². The number of ether oxygens (including phenoxy) is 1. The largest absolute Gasteiger partial charge is 0.494 e. The minimum Gasteiger partial charge on any atom is -0.494 e. The number of sulfonamides is 1. The van der Waals surface area contributed by atoms with E-state index in [1.807, 2.05) is 31.2 Å². The summed E-state index contributed by atoms with van der Waals surface area (Å²) in [5, 5.41) is 7.56. The van der Waals surface area contributed by atoms with Crippen LogP contribution in [0.25, 0.3) is 0 Å². The summed E-state index contributed by atoms with van der Waals surface area (Å²) >= 11 is 24.7. The summed E-state index contributed by atoms with van der Waals surface area (Å²) in [6.45, 7) is 2.48. The fourth-order valence-corrected chi connectivity index (χ4v) is 6.00. The molecule has 3 aromatic rings. The lowest BCUT2D eigenvalue weighted by molar-refractivity contribution is 0.340. The number of benzene rings is 3. The van der Waals surface area contributed by atoms with Crippen molar-refractivity contribution in [3.63, 3.8) is 0 Å². The van der Waals surface area contributed by atoms with E-state index in [1.54, 1.807) is 23.2 Å². The van der Waals surface area contributed by atoms with Crippen molar-refractivity contribution in [2.45, 2.75) is 24.3 Å². The van der Waals surface area contributed by atoms with E-state index in [-0.39, 0.29) is 27.5 Å². The highest BCUT2D eigenvalue weighted by Gasteiger charge is 2.31. The van der Waals surface area contributed by atoms with E-state index in [0.717, 1.165) is 11.3 Å². The molecular formula is C24H21Cl4N3O3S. The van der Waals surface area contributed by atoms with Gasteiger partial charge in [0.1, 0.15) is 10.6 Å². The first kappa shape index (κ1) is 26.1. The van der Waals surface area contributed by atoms with Crippen LogP contribution in [-0.4, -0.2) is 27.3 Å². The van der Waals surface area contributed by atoms with Crippen LogP contribution < -0.4 is 14.5 Å². The maximum atomic E-state index is 12.9. The summed E-state index contributed by atoms with van der Waals surface area (Å²) in [4.78, 5) is -0.0917. The Labute approximate surface area is 224 Å². The van der Waals surface area contributed by atoms with E-state index in [2.05, 4.69) is 4.72 Å². The van der Waals surface area contributed by atoms with Crippen molar-refractivity contribution in [2.24, 2.45) is 5.10 Å². The Morgan fingerprint density at radius 1 is 1.03 bits per heavy atom. The van der Waals surface area contributed by atoms with E-state index >= 15 is 0 Å². The molecule has 0 aliphatic carbocycles. The average Bonchev–Trinajstić information content (AvgIpc) is 3.24.